The SMILES string of the molecule is CCCSCc1cc2ccc(OC)cc2nc1NN. The Hall–Kier alpha value is -1.46. The molecule has 0 radical (unpaired) electrons. The van der Waals surface area contributed by atoms with E-state index >= 15 is 0 Å². The minimum atomic E-state index is 0.740. The molecule has 0 aliphatic carbocycles. The lowest BCUT2D eigenvalue weighted by atomic mass is 10.1. The molecule has 0 fully saturated rings. The fraction of sp³-hybridized carbons (Fsp3) is 0.357. The van der Waals surface area contributed by atoms with Crippen molar-refractivity contribution in [2.75, 3.05) is 18.3 Å². The van der Waals surface area contributed by atoms with Crippen LogP contribution in [0.1, 0.15) is 18.9 Å². The Kier molecular flexibility index (Phi) is 4.87. The summed E-state index contributed by atoms with van der Waals surface area (Å²) in [6.45, 7) is 2.18. The van der Waals surface area contributed by atoms with E-state index < -0.39 is 0 Å². The van der Waals surface area contributed by atoms with Crippen molar-refractivity contribution in [3.8, 4) is 5.75 Å². The van der Waals surface area contributed by atoms with Crippen molar-refractivity contribution in [1.82, 2.24) is 4.98 Å². The van der Waals surface area contributed by atoms with Gasteiger partial charge >= 0.3 is 0 Å². The van der Waals surface area contributed by atoms with Crippen molar-refractivity contribution in [3.63, 3.8) is 0 Å². The van der Waals surface area contributed by atoms with Crippen molar-refractivity contribution in [1.29, 1.82) is 0 Å². The van der Waals surface area contributed by atoms with Gasteiger partial charge in [-0.15, -0.1) is 0 Å². The molecule has 0 amide bonds. The molecule has 5 heteroatoms. The van der Waals surface area contributed by atoms with Gasteiger partial charge in [-0.3, -0.25) is 0 Å². The van der Waals surface area contributed by atoms with Crippen LogP contribution in [-0.4, -0.2) is 17.8 Å². The van der Waals surface area contributed by atoms with Crippen LogP contribution in [0.15, 0.2) is 24.3 Å². The quantitative estimate of drug-likeness (QED) is 0.482. The van der Waals surface area contributed by atoms with Gasteiger partial charge < -0.3 is 10.2 Å². The van der Waals surface area contributed by atoms with Crippen LogP contribution in [0.3, 0.4) is 0 Å². The summed E-state index contributed by atoms with van der Waals surface area (Å²) in [7, 11) is 1.65. The number of hydrazine groups is 1. The molecular formula is C14H19N3OS. The van der Waals surface area contributed by atoms with Crippen LogP contribution in [0.25, 0.3) is 10.9 Å². The molecule has 0 aliphatic heterocycles. The maximum atomic E-state index is 5.56. The van der Waals surface area contributed by atoms with Crippen molar-refractivity contribution >= 4 is 28.5 Å². The predicted molar refractivity (Wildman–Crippen MR) is 82.6 cm³/mol. The number of aromatic nitrogens is 1. The standard InChI is InChI=1S/C14H19N3OS/c1-3-6-19-9-11-7-10-4-5-12(18-2)8-13(10)16-14(11)17-15/h4-5,7-8H,3,6,9,15H2,1-2H3,(H,16,17). The van der Waals surface area contributed by atoms with Crippen molar-refractivity contribution in [3.05, 3.63) is 29.8 Å². The molecule has 3 N–H and O–H groups in total. The maximum Gasteiger partial charge on any atom is 0.144 e. The molecule has 1 heterocycles. The molecule has 102 valence electrons. The Morgan fingerprint density at radius 3 is 2.89 bits per heavy atom. The second kappa shape index (κ2) is 6.63. The number of nitrogens with one attached hydrogen (secondary N) is 1. The van der Waals surface area contributed by atoms with E-state index in [1.54, 1.807) is 7.11 Å². The van der Waals surface area contributed by atoms with E-state index in [0.717, 1.165) is 39.5 Å². The monoisotopic (exact) mass is 277 g/mol. The van der Waals surface area contributed by atoms with Gasteiger partial charge in [0.15, 0.2) is 0 Å². The number of hydrogen-bond donors (Lipinski definition) is 2. The average Bonchev–Trinajstić information content (AvgIpc) is 2.46. The van der Waals surface area contributed by atoms with E-state index in [4.69, 9.17) is 10.6 Å². The van der Waals surface area contributed by atoms with Crippen LogP contribution in [-0.2, 0) is 5.75 Å². The van der Waals surface area contributed by atoms with E-state index in [0.29, 0.717) is 0 Å². The van der Waals surface area contributed by atoms with Gasteiger partial charge in [0.25, 0.3) is 0 Å². The summed E-state index contributed by atoms with van der Waals surface area (Å²) in [4.78, 5) is 4.55. The number of ether oxygens (including phenoxy) is 1. The van der Waals surface area contributed by atoms with E-state index in [-0.39, 0.29) is 0 Å². The number of nitrogen functional groups attached to an aromatic ring is 1. The highest BCUT2D eigenvalue weighted by Gasteiger charge is 2.07. The molecular weight excluding hydrogens is 258 g/mol. The number of nitrogens with zero attached hydrogens (tertiary/aromatic N) is 1. The minimum absolute atomic E-state index is 0.740. The number of rotatable bonds is 6. The molecule has 0 unspecified atom stereocenters. The first-order valence-corrected chi connectivity index (χ1v) is 7.46. The van der Waals surface area contributed by atoms with Gasteiger partial charge in [0.2, 0.25) is 0 Å². The molecule has 1 aromatic carbocycles. The molecule has 1 aromatic heterocycles. The molecule has 2 rings (SSSR count). The van der Waals surface area contributed by atoms with Crippen molar-refractivity contribution in [2.24, 2.45) is 5.84 Å². The summed E-state index contributed by atoms with van der Waals surface area (Å²) in [5.74, 6) is 9.17. The number of hydrogen-bond acceptors (Lipinski definition) is 5. The maximum absolute atomic E-state index is 5.56. The van der Waals surface area contributed by atoms with Crippen LogP contribution in [0, 0.1) is 0 Å². The van der Waals surface area contributed by atoms with Crippen LogP contribution in [0.2, 0.25) is 0 Å². The zero-order valence-electron chi connectivity index (χ0n) is 11.3. The molecule has 0 aliphatic rings. The smallest absolute Gasteiger partial charge is 0.144 e. The number of anilines is 1. The summed E-state index contributed by atoms with van der Waals surface area (Å²) in [6.07, 6.45) is 1.17. The third-order valence-corrected chi connectivity index (χ3v) is 4.06. The van der Waals surface area contributed by atoms with Gasteiger partial charge in [0.1, 0.15) is 11.6 Å². The molecule has 19 heavy (non-hydrogen) atoms. The third kappa shape index (κ3) is 3.30. The lowest BCUT2D eigenvalue weighted by molar-refractivity contribution is 0.415. The highest BCUT2D eigenvalue weighted by molar-refractivity contribution is 7.98. The molecule has 2 aromatic rings. The van der Waals surface area contributed by atoms with Gasteiger partial charge in [-0.2, -0.15) is 11.8 Å². The van der Waals surface area contributed by atoms with Gasteiger partial charge in [0.05, 0.1) is 12.6 Å². The van der Waals surface area contributed by atoms with Gasteiger partial charge in [-0.05, 0) is 30.4 Å². The highest BCUT2D eigenvalue weighted by atomic mass is 32.2. The molecule has 0 atom stereocenters. The topological polar surface area (TPSA) is 60.2 Å². The second-order valence-electron chi connectivity index (χ2n) is 4.25. The number of pyridine rings is 1. The Labute approximate surface area is 117 Å². The minimum Gasteiger partial charge on any atom is -0.497 e. The van der Waals surface area contributed by atoms with E-state index in [2.05, 4.69) is 23.4 Å². The summed E-state index contributed by atoms with van der Waals surface area (Å²) >= 11 is 1.89. The van der Waals surface area contributed by atoms with E-state index in [1.807, 2.05) is 30.0 Å². The second-order valence-corrected chi connectivity index (χ2v) is 5.36. The number of methoxy groups -OCH3 is 1. The summed E-state index contributed by atoms with van der Waals surface area (Å²) in [5, 5.41) is 1.10. The number of nitrogens with two attached hydrogens (primary N) is 1. The van der Waals surface area contributed by atoms with Crippen LogP contribution < -0.4 is 16.0 Å². The average molecular weight is 277 g/mol. The van der Waals surface area contributed by atoms with Crippen LogP contribution in [0.4, 0.5) is 5.82 Å². The van der Waals surface area contributed by atoms with Crippen molar-refractivity contribution < 1.29 is 4.74 Å². The summed E-state index contributed by atoms with van der Waals surface area (Å²) in [6, 6.07) is 8.02. The predicted octanol–water partition coefficient (Wildman–Crippen LogP) is 3.17. The van der Waals surface area contributed by atoms with Gasteiger partial charge in [-0.1, -0.05) is 6.92 Å². The first-order chi connectivity index (χ1) is 9.28. The molecule has 0 saturated heterocycles. The Balaban J connectivity index is 2.35. The fourth-order valence-electron chi connectivity index (χ4n) is 1.88. The van der Waals surface area contributed by atoms with Gasteiger partial charge in [0, 0.05) is 22.8 Å². The zero-order chi connectivity index (χ0) is 13.7. The lowest BCUT2D eigenvalue weighted by Crippen LogP contribution is -2.11. The van der Waals surface area contributed by atoms with Crippen LogP contribution >= 0.6 is 11.8 Å². The number of thioether (sulfide) groups is 1. The van der Waals surface area contributed by atoms with E-state index in [9.17, 15) is 0 Å². The van der Waals surface area contributed by atoms with Crippen molar-refractivity contribution in [2.45, 2.75) is 19.1 Å². The number of benzene rings is 1. The highest BCUT2D eigenvalue weighted by Crippen LogP contribution is 2.26. The zero-order valence-corrected chi connectivity index (χ0v) is 12.1. The first kappa shape index (κ1) is 14.0. The summed E-state index contributed by atoms with van der Waals surface area (Å²) < 4.78 is 5.21. The van der Waals surface area contributed by atoms with Crippen LogP contribution in [0.5, 0.6) is 5.75 Å². The third-order valence-electron chi connectivity index (χ3n) is 2.85. The molecule has 4 nitrogen and oxygen atoms in total. The summed E-state index contributed by atoms with van der Waals surface area (Å²) in [5.41, 5.74) is 4.71. The molecule has 0 spiro atoms. The fourth-order valence-corrected chi connectivity index (χ4v) is 2.75. The Morgan fingerprint density at radius 2 is 2.21 bits per heavy atom. The largest absolute Gasteiger partial charge is 0.497 e. The van der Waals surface area contributed by atoms with E-state index in [1.165, 1.54) is 6.42 Å². The molecule has 0 saturated carbocycles. The van der Waals surface area contributed by atoms with Gasteiger partial charge in [-0.25, -0.2) is 10.8 Å². The normalized spacial score (nSPS) is 10.7. The Bertz CT molecular complexity index is 560. The molecule has 0 bridgehead atoms. The lowest BCUT2D eigenvalue weighted by Gasteiger charge is -2.10. The first-order valence-electron chi connectivity index (χ1n) is 6.30. The Morgan fingerprint density at radius 1 is 1.37 bits per heavy atom. The number of fused-ring (bicyclic) bond motifs is 1.